The third-order valence-electron chi connectivity index (χ3n) is 6.51. The van der Waals surface area contributed by atoms with Gasteiger partial charge in [0.25, 0.3) is 0 Å². The van der Waals surface area contributed by atoms with Gasteiger partial charge in [0.05, 0.1) is 36.8 Å². The van der Waals surface area contributed by atoms with Crippen LogP contribution in [0.15, 0.2) is 90.0 Å². The summed E-state index contributed by atoms with van der Waals surface area (Å²) in [4.78, 5) is 23.0. The number of methoxy groups -OCH3 is 1. The molecular formula is C31H31N3O3S. The molecule has 0 saturated carbocycles. The molecule has 0 saturated heterocycles. The van der Waals surface area contributed by atoms with Gasteiger partial charge in [-0.3, -0.25) is 4.79 Å². The molecule has 4 aromatic rings. The number of nitrogens with one attached hydrogen (secondary N) is 1. The summed E-state index contributed by atoms with van der Waals surface area (Å²) in [5.41, 5.74) is 4.59. The number of benzene rings is 3. The number of aromatic nitrogens is 2. The highest BCUT2D eigenvalue weighted by Gasteiger charge is 2.30. The largest absolute Gasteiger partial charge is 0.497 e. The second-order valence-electron chi connectivity index (χ2n) is 9.84. The number of hydrogen-bond donors (Lipinski definition) is 1. The van der Waals surface area contributed by atoms with Gasteiger partial charge in [-0.15, -0.1) is 0 Å². The minimum atomic E-state index is -0.309. The van der Waals surface area contributed by atoms with E-state index in [-0.39, 0.29) is 23.3 Å². The Hall–Kier alpha value is -3.68. The molecule has 0 radical (unpaired) electrons. The second-order valence-corrected chi connectivity index (χ2v) is 10.8. The average molecular weight is 526 g/mol. The van der Waals surface area contributed by atoms with Crippen molar-refractivity contribution in [2.75, 3.05) is 12.9 Å². The van der Waals surface area contributed by atoms with Crippen molar-refractivity contribution in [3.8, 4) is 17.1 Å². The minimum Gasteiger partial charge on any atom is -0.497 e. The van der Waals surface area contributed by atoms with Crippen molar-refractivity contribution in [1.29, 1.82) is 0 Å². The summed E-state index contributed by atoms with van der Waals surface area (Å²) in [6, 6.07) is 27.5. The molecule has 38 heavy (non-hydrogen) atoms. The van der Waals surface area contributed by atoms with Crippen LogP contribution in [0, 0.1) is 0 Å². The number of fused-ring (bicyclic) bond motifs is 1. The molecule has 1 aromatic heterocycles. The maximum absolute atomic E-state index is 13.2. The number of rotatable bonds is 8. The van der Waals surface area contributed by atoms with Gasteiger partial charge in [-0.1, -0.05) is 72.4 Å². The Morgan fingerprint density at radius 3 is 2.21 bits per heavy atom. The maximum atomic E-state index is 13.2. The van der Waals surface area contributed by atoms with Crippen LogP contribution in [0.1, 0.15) is 42.3 Å². The van der Waals surface area contributed by atoms with Crippen LogP contribution in [-0.2, 0) is 22.6 Å². The van der Waals surface area contributed by atoms with Gasteiger partial charge in [-0.2, -0.15) is 0 Å². The highest BCUT2D eigenvalue weighted by atomic mass is 32.2. The predicted octanol–water partition coefficient (Wildman–Crippen LogP) is 6.00. The van der Waals surface area contributed by atoms with Gasteiger partial charge >= 0.3 is 0 Å². The van der Waals surface area contributed by atoms with Crippen molar-refractivity contribution >= 4 is 17.7 Å². The lowest BCUT2D eigenvalue weighted by Crippen LogP contribution is -2.33. The van der Waals surface area contributed by atoms with Crippen LogP contribution in [0.3, 0.4) is 0 Å². The number of thioether (sulfide) groups is 1. The van der Waals surface area contributed by atoms with E-state index >= 15 is 0 Å². The Labute approximate surface area is 227 Å². The third kappa shape index (κ3) is 6.06. The Morgan fingerprint density at radius 2 is 1.61 bits per heavy atom. The van der Waals surface area contributed by atoms with Gasteiger partial charge in [-0.05, 0) is 49.2 Å². The maximum Gasteiger partial charge on any atom is 0.231 e. The molecule has 2 heterocycles. The van der Waals surface area contributed by atoms with E-state index in [4.69, 9.17) is 19.4 Å². The molecule has 0 atom stereocenters. The van der Waals surface area contributed by atoms with Gasteiger partial charge in [0.1, 0.15) is 10.8 Å². The van der Waals surface area contributed by atoms with Crippen molar-refractivity contribution in [1.82, 2.24) is 15.3 Å². The highest BCUT2D eigenvalue weighted by molar-refractivity contribution is 7.99. The van der Waals surface area contributed by atoms with Crippen molar-refractivity contribution in [2.24, 2.45) is 0 Å². The fourth-order valence-corrected chi connectivity index (χ4v) is 5.35. The summed E-state index contributed by atoms with van der Waals surface area (Å²) in [7, 11) is 1.65. The molecule has 1 aliphatic heterocycles. The number of carbonyl (C=O) groups is 1. The number of nitrogens with zero attached hydrogens (tertiary/aromatic N) is 2. The van der Waals surface area contributed by atoms with E-state index in [0.717, 1.165) is 38.7 Å². The zero-order chi connectivity index (χ0) is 26.5. The molecule has 3 aromatic carbocycles. The Bertz CT molecular complexity index is 1350. The summed E-state index contributed by atoms with van der Waals surface area (Å²) in [6.45, 7) is 4.56. The zero-order valence-electron chi connectivity index (χ0n) is 21.8. The fourth-order valence-electron chi connectivity index (χ4n) is 4.50. The standard InChI is InChI=1S/C31H31N3O3S/c1-31(2)18-26-25(19-37-31)30(34-29(32-26)23-14-16-24(36-3)17-15-23)38-20-27(35)33-28(21-10-6-4-7-11-21)22-12-8-5-9-13-22/h4-17,28H,18-20H2,1-3H3,(H,33,35). The average Bonchev–Trinajstić information content (AvgIpc) is 2.94. The Kier molecular flexibility index (Phi) is 7.77. The van der Waals surface area contributed by atoms with Crippen molar-refractivity contribution < 1.29 is 14.3 Å². The topological polar surface area (TPSA) is 73.3 Å². The molecule has 0 bridgehead atoms. The summed E-state index contributed by atoms with van der Waals surface area (Å²) in [6.07, 6.45) is 0.678. The molecule has 194 valence electrons. The summed E-state index contributed by atoms with van der Waals surface area (Å²) in [5.74, 6) is 1.57. The van der Waals surface area contributed by atoms with Crippen LogP contribution in [0.5, 0.6) is 5.75 Å². The molecule has 6 nitrogen and oxygen atoms in total. The van der Waals surface area contributed by atoms with E-state index in [0.29, 0.717) is 18.9 Å². The number of ether oxygens (including phenoxy) is 2. The van der Waals surface area contributed by atoms with E-state index < -0.39 is 0 Å². The van der Waals surface area contributed by atoms with E-state index in [9.17, 15) is 4.79 Å². The lowest BCUT2D eigenvalue weighted by Gasteiger charge is -2.32. The normalized spacial score (nSPS) is 14.1. The van der Waals surface area contributed by atoms with Gasteiger partial charge < -0.3 is 14.8 Å². The summed E-state index contributed by atoms with van der Waals surface area (Å²) >= 11 is 1.42. The first-order chi connectivity index (χ1) is 18.4. The van der Waals surface area contributed by atoms with Crippen LogP contribution >= 0.6 is 11.8 Å². The first kappa shape index (κ1) is 25.9. The molecule has 1 aliphatic rings. The summed E-state index contributed by atoms with van der Waals surface area (Å²) < 4.78 is 11.4. The lowest BCUT2D eigenvalue weighted by atomic mass is 9.96. The van der Waals surface area contributed by atoms with Crippen LogP contribution in [0.25, 0.3) is 11.4 Å². The number of hydrogen-bond acceptors (Lipinski definition) is 6. The molecule has 0 unspecified atom stereocenters. The molecular weight excluding hydrogens is 494 g/mol. The SMILES string of the molecule is COc1ccc(-c2nc3c(c(SCC(=O)NC(c4ccccc4)c4ccccc4)n2)COC(C)(C)C3)cc1. The van der Waals surface area contributed by atoms with E-state index in [2.05, 4.69) is 19.2 Å². The van der Waals surface area contributed by atoms with Crippen molar-refractivity contribution in [3.63, 3.8) is 0 Å². The van der Waals surface area contributed by atoms with E-state index in [1.807, 2.05) is 84.9 Å². The van der Waals surface area contributed by atoms with E-state index in [1.165, 1.54) is 11.8 Å². The smallest absolute Gasteiger partial charge is 0.231 e. The van der Waals surface area contributed by atoms with Crippen LogP contribution < -0.4 is 10.1 Å². The Balaban J connectivity index is 1.39. The molecule has 5 rings (SSSR count). The number of carbonyl (C=O) groups excluding carboxylic acids is 1. The predicted molar refractivity (Wildman–Crippen MR) is 150 cm³/mol. The Morgan fingerprint density at radius 1 is 0.974 bits per heavy atom. The lowest BCUT2D eigenvalue weighted by molar-refractivity contribution is -0.119. The first-order valence-corrected chi connectivity index (χ1v) is 13.6. The van der Waals surface area contributed by atoms with Gasteiger partial charge in [-0.25, -0.2) is 9.97 Å². The summed E-state index contributed by atoms with van der Waals surface area (Å²) in [5, 5.41) is 4.00. The number of amides is 1. The van der Waals surface area contributed by atoms with Crippen molar-refractivity contribution in [3.05, 3.63) is 107 Å². The first-order valence-electron chi connectivity index (χ1n) is 12.6. The molecule has 1 amide bonds. The van der Waals surface area contributed by atoms with Crippen molar-refractivity contribution in [2.45, 2.75) is 43.5 Å². The fraction of sp³-hybridized carbons (Fsp3) is 0.258. The van der Waals surface area contributed by atoms with Gasteiger partial charge in [0.15, 0.2) is 5.82 Å². The van der Waals surface area contributed by atoms with Crippen LogP contribution in [0.4, 0.5) is 0 Å². The minimum absolute atomic E-state index is 0.0666. The molecule has 0 fully saturated rings. The highest BCUT2D eigenvalue weighted by Crippen LogP contribution is 2.34. The van der Waals surface area contributed by atoms with Crippen LogP contribution in [0.2, 0.25) is 0 Å². The van der Waals surface area contributed by atoms with Crippen LogP contribution in [-0.4, -0.2) is 34.3 Å². The molecule has 0 aliphatic carbocycles. The monoisotopic (exact) mass is 525 g/mol. The molecule has 0 spiro atoms. The molecule has 1 N–H and O–H groups in total. The third-order valence-corrected chi connectivity index (χ3v) is 7.53. The quantitative estimate of drug-likeness (QED) is 0.225. The van der Waals surface area contributed by atoms with E-state index in [1.54, 1.807) is 7.11 Å². The second kappa shape index (κ2) is 11.4. The zero-order valence-corrected chi connectivity index (χ0v) is 22.6. The molecule has 7 heteroatoms. The van der Waals surface area contributed by atoms with Gasteiger partial charge in [0.2, 0.25) is 5.91 Å². The van der Waals surface area contributed by atoms with Gasteiger partial charge in [0, 0.05) is 17.5 Å².